The van der Waals surface area contributed by atoms with E-state index in [9.17, 15) is 4.39 Å². The molecule has 19 heavy (non-hydrogen) atoms. The number of aryl methyl sites for hydroxylation is 1. The standard InChI is InChI=1S/C15H17FN2S/c1-8-6-13-12(7-11(8)16)17-15(19)18(13)14(9-2-3-9)10-4-5-10/h6-7,9-10,14H,2-5H2,1H3,(H,17,19). The number of hydrogen-bond acceptors (Lipinski definition) is 1. The van der Waals surface area contributed by atoms with E-state index in [-0.39, 0.29) is 5.82 Å². The number of fused-ring (bicyclic) bond motifs is 1. The average Bonchev–Trinajstić information content (AvgIpc) is 3.24. The van der Waals surface area contributed by atoms with Gasteiger partial charge in [0.15, 0.2) is 4.77 Å². The summed E-state index contributed by atoms with van der Waals surface area (Å²) in [6.45, 7) is 1.82. The topological polar surface area (TPSA) is 20.7 Å². The van der Waals surface area contributed by atoms with Gasteiger partial charge in [-0.3, -0.25) is 0 Å². The molecule has 0 spiro atoms. The molecule has 2 aliphatic rings. The Morgan fingerprint density at radius 1 is 1.26 bits per heavy atom. The number of nitrogens with one attached hydrogen (secondary N) is 1. The third kappa shape index (κ3) is 1.84. The SMILES string of the molecule is Cc1cc2c(cc1F)[nH]c(=S)n2C(C1CC1)C1CC1. The quantitative estimate of drug-likeness (QED) is 0.818. The molecule has 100 valence electrons. The van der Waals surface area contributed by atoms with E-state index in [1.54, 1.807) is 6.07 Å². The number of rotatable bonds is 3. The molecule has 1 heterocycles. The van der Waals surface area contributed by atoms with Gasteiger partial charge in [-0.25, -0.2) is 4.39 Å². The highest BCUT2D eigenvalue weighted by molar-refractivity contribution is 7.71. The van der Waals surface area contributed by atoms with Crippen LogP contribution in [0.1, 0.15) is 37.3 Å². The van der Waals surface area contributed by atoms with Crippen LogP contribution >= 0.6 is 12.2 Å². The van der Waals surface area contributed by atoms with Gasteiger partial charge in [0.05, 0.1) is 11.0 Å². The number of nitrogens with zero attached hydrogens (tertiary/aromatic N) is 1. The van der Waals surface area contributed by atoms with E-state index in [2.05, 4.69) is 9.55 Å². The molecular formula is C15H17FN2S. The molecular weight excluding hydrogens is 259 g/mol. The molecule has 0 bridgehead atoms. The molecule has 0 atom stereocenters. The van der Waals surface area contributed by atoms with Gasteiger partial charge in [0.1, 0.15) is 5.82 Å². The smallest absolute Gasteiger partial charge is 0.178 e. The molecule has 1 aromatic carbocycles. The first-order valence-electron chi connectivity index (χ1n) is 7.05. The lowest BCUT2D eigenvalue weighted by molar-refractivity contribution is 0.400. The molecule has 2 aliphatic carbocycles. The molecule has 4 heteroatoms. The Labute approximate surface area is 116 Å². The summed E-state index contributed by atoms with van der Waals surface area (Å²) < 4.78 is 16.7. The van der Waals surface area contributed by atoms with Crippen molar-refractivity contribution < 1.29 is 4.39 Å². The Morgan fingerprint density at radius 3 is 2.47 bits per heavy atom. The fourth-order valence-electron chi connectivity index (χ4n) is 3.23. The van der Waals surface area contributed by atoms with E-state index in [1.807, 2.05) is 13.0 Å². The normalized spacial score (nSPS) is 19.5. The second-order valence-corrected chi connectivity index (χ2v) is 6.47. The van der Waals surface area contributed by atoms with Crippen molar-refractivity contribution in [1.82, 2.24) is 9.55 Å². The lowest BCUT2D eigenvalue weighted by atomic mass is 10.1. The van der Waals surface area contributed by atoms with Crippen LogP contribution in [0.15, 0.2) is 12.1 Å². The van der Waals surface area contributed by atoms with Crippen molar-refractivity contribution in [2.24, 2.45) is 11.8 Å². The van der Waals surface area contributed by atoms with Gasteiger partial charge in [-0.1, -0.05) is 0 Å². The van der Waals surface area contributed by atoms with E-state index in [1.165, 1.54) is 25.7 Å². The van der Waals surface area contributed by atoms with Crippen LogP contribution in [0.2, 0.25) is 0 Å². The molecule has 1 aromatic heterocycles. The molecule has 0 unspecified atom stereocenters. The second kappa shape index (κ2) is 3.92. The summed E-state index contributed by atoms with van der Waals surface area (Å²) in [5, 5.41) is 0. The second-order valence-electron chi connectivity index (χ2n) is 6.08. The molecule has 2 fully saturated rings. The number of imidazole rings is 1. The van der Waals surface area contributed by atoms with Gasteiger partial charge in [-0.05, 0) is 74.4 Å². The van der Waals surface area contributed by atoms with Crippen molar-refractivity contribution >= 4 is 23.3 Å². The third-order valence-electron chi connectivity index (χ3n) is 4.51. The van der Waals surface area contributed by atoms with E-state index in [0.717, 1.165) is 27.6 Å². The van der Waals surface area contributed by atoms with Crippen LogP contribution in [-0.4, -0.2) is 9.55 Å². The van der Waals surface area contributed by atoms with Gasteiger partial charge < -0.3 is 9.55 Å². The van der Waals surface area contributed by atoms with Gasteiger partial charge in [-0.15, -0.1) is 0 Å². The zero-order valence-corrected chi connectivity index (χ0v) is 11.8. The molecule has 0 aliphatic heterocycles. The van der Waals surface area contributed by atoms with Crippen LogP contribution in [0.25, 0.3) is 11.0 Å². The number of H-pyrrole nitrogens is 1. The Balaban J connectivity index is 1.94. The van der Waals surface area contributed by atoms with Gasteiger partial charge >= 0.3 is 0 Å². The average molecular weight is 276 g/mol. The van der Waals surface area contributed by atoms with E-state index >= 15 is 0 Å². The van der Waals surface area contributed by atoms with Gasteiger partial charge in [0.2, 0.25) is 0 Å². The lowest BCUT2D eigenvalue weighted by Gasteiger charge is -2.18. The van der Waals surface area contributed by atoms with E-state index < -0.39 is 0 Å². The zero-order valence-electron chi connectivity index (χ0n) is 10.9. The molecule has 2 aromatic rings. The van der Waals surface area contributed by atoms with Crippen LogP contribution in [0, 0.1) is 29.3 Å². The lowest BCUT2D eigenvalue weighted by Crippen LogP contribution is -2.13. The van der Waals surface area contributed by atoms with Gasteiger partial charge in [0.25, 0.3) is 0 Å². The summed E-state index contributed by atoms with van der Waals surface area (Å²) in [6.07, 6.45) is 5.26. The third-order valence-corrected chi connectivity index (χ3v) is 4.80. The Hall–Kier alpha value is -1.16. The summed E-state index contributed by atoms with van der Waals surface area (Å²) in [6, 6.07) is 4.05. The first kappa shape index (κ1) is 11.6. The highest BCUT2D eigenvalue weighted by Gasteiger charge is 2.43. The van der Waals surface area contributed by atoms with Crippen LogP contribution in [0.5, 0.6) is 0 Å². The number of aromatic amines is 1. The minimum atomic E-state index is -0.162. The highest BCUT2D eigenvalue weighted by Crippen LogP contribution is 2.52. The predicted octanol–water partition coefficient (Wildman–Crippen LogP) is 4.51. The van der Waals surface area contributed by atoms with Crippen molar-refractivity contribution in [1.29, 1.82) is 0 Å². The molecule has 0 radical (unpaired) electrons. The van der Waals surface area contributed by atoms with E-state index in [0.29, 0.717) is 11.6 Å². The number of aromatic nitrogens is 2. The summed E-state index contributed by atoms with van der Waals surface area (Å²) in [5.41, 5.74) is 2.60. The molecule has 2 nitrogen and oxygen atoms in total. The van der Waals surface area contributed by atoms with Crippen molar-refractivity contribution in [3.05, 3.63) is 28.3 Å². The van der Waals surface area contributed by atoms with Gasteiger partial charge in [-0.2, -0.15) is 0 Å². The first-order chi connectivity index (χ1) is 9.15. The fourth-order valence-corrected chi connectivity index (χ4v) is 3.56. The van der Waals surface area contributed by atoms with Crippen LogP contribution in [0.4, 0.5) is 4.39 Å². The maximum Gasteiger partial charge on any atom is 0.178 e. The summed E-state index contributed by atoms with van der Waals surface area (Å²) in [5.74, 6) is 1.40. The number of halogens is 1. The summed E-state index contributed by atoms with van der Waals surface area (Å²) in [7, 11) is 0. The van der Waals surface area contributed by atoms with Crippen LogP contribution in [-0.2, 0) is 0 Å². The monoisotopic (exact) mass is 276 g/mol. The maximum atomic E-state index is 13.7. The zero-order chi connectivity index (χ0) is 13.1. The van der Waals surface area contributed by atoms with Crippen LogP contribution in [0.3, 0.4) is 0 Å². The largest absolute Gasteiger partial charge is 0.330 e. The Bertz CT molecular complexity index is 695. The predicted molar refractivity (Wildman–Crippen MR) is 76.3 cm³/mol. The molecule has 2 saturated carbocycles. The fraction of sp³-hybridized carbons (Fsp3) is 0.533. The highest BCUT2D eigenvalue weighted by atomic mass is 32.1. The van der Waals surface area contributed by atoms with Crippen LogP contribution < -0.4 is 0 Å². The first-order valence-corrected chi connectivity index (χ1v) is 7.46. The van der Waals surface area contributed by atoms with Crippen molar-refractivity contribution in [3.8, 4) is 0 Å². The summed E-state index contributed by atoms with van der Waals surface area (Å²) in [4.78, 5) is 3.18. The molecule has 0 amide bonds. The number of hydrogen-bond donors (Lipinski definition) is 1. The van der Waals surface area contributed by atoms with Crippen molar-refractivity contribution in [2.75, 3.05) is 0 Å². The maximum absolute atomic E-state index is 13.7. The molecule has 1 N–H and O–H groups in total. The van der Waals surface area contributed by atoms with Gasteiger partial charge in [0, 0.05) is 6.04 Å². The summed E-state index contributed by atoms with van der Waals surface area (Å²) >= 11 is 5.49. The molecule has 0 saturated heterocycles. The minimum absolute atomic E-state index is 0.162. The minimum Gasteiger partial charge on any atom is -0.330 e. The number of benzene rings is 1. The Morgan fingerprint density at radius 2 is 1.89 bits per heavy atom. The van der Waals surface area contributed by atoms with E-state index in [4.69, 9.17) is 12.2 Å². The Kier molecular flexibility index (Phi) is 2.40. The van der Waals surface area contributed by atoms with Crippen molar-refractivity contribution in [3.63, 3.8) is 0 Å². The molecule has 4 rings (SSSR count). The van der Waals surface area contributed by atoms with Crippen molar-refractivity contribution in [2.45, 2.75) is 38.6 Å².